The molecule has 6 heteroatoms. The van der Waals surface area contributed by atoms with Gasteiger partial charge in [-0.3, -0.25) is 0 Å². The summed E-state index contributed by atoms with van der Waals surface area (Å²) < 4.78 is 7.89. The minimum atomic E-state index is -1.86. The fraction of sp³-hybridized carbons (Fsp3) is 0.235. The van der Waals surface area contributed by atoms with Crippen molar-refractivity contribution in [3.05, 3.63) is 157 Å². The van der Waals surface area contributed by atoms with Crippen LogP contribution in [0.15, 0.2) is 138 Å². The van der Waals surface area contributed by atoms with Crippen LogP contribution in [0.3, 0.4) is 0 Å². The fourth-order valence-corrected chi connectivity index (χ4v) is 10.6. The first-order valence-corrected chi connectivity index (χ1v) is 27.0. The number of benzene rings is 4. The third-order valence-electron chi connectivity index (χ3n) is 9.81. The molecule has 8 aromatic rings. The normalized spacial score (nSPS) is 11.7. The van der Waals surface area contributed by atoms with Crippen LogP contribution in [0.2, 0.25) is 17.3 Å². The SMILES string of the molecule is CC(C)(C)Cc1ccnc(-c2[c-]ccc3c2oc2nc(-c4ccc(-c5ccccc5)cc4)ccc23)c1.CC(C)Cc1cc(-c2[c-]cccc2)nc[c]1[Ge]([CH3])([CH3])[CH3].[Ir]. The first-order valence-electron chi connectivity index (χ1n) is 19.6. The molecule has 8 rings (SSSR count). The quantitative estimate of drug-likeness (QED) is 0.112. The second kappa shape index (κ2) is 17.9. The molecule has 0 amide bonds. The Labute approximate surface area is 354 Å². The van der Waals surface area contributed by atoms with Crippen LogP contribution in [-0.4, -0.2) is 28.2 Å². The summed E-state index contributed by atoms with van der Waals surface area (Å²) in [7, 11) is 0. The molecular weight excluding hydrogens is 935 g/mol. The Balaban J connectivity index is 0.000000223. The number of hydrogen-bond acceptors (Lipinski definition) is 4. The van der Waals surface area contributed by atoms with E-state index in [1.807, 2.05) is 42.6 Å². The van der Waals surface area contributed by atoms with Gasteiger partial charge in [0.15, 0.2) is 0 Å². The van der Waals surface area contributed by atoms with Crippen molar-refractivity contribution in [3.8, 4) is 44.9 Å². The molecule has 4 aromatic heterocycles. The third kappa shape index (κ3) is 10.3. The second-order valence-corrected chi connectivity index (χ2v) is 27.9. The van der Waals surface area contributed by atoms with E-state index in [2.05, 4.69) is 160 Å². The number of hydrogen-bond donors (Lipinski definition) is 0. The summed E-state index contributed by atoms with van der Waals surface area (Å²) in [5.41, 5.74) is 12.6. The molecule has 4 heterocycles. The van der Waals surface area contributed by atoms with Gasteiger partial charge in [0.05, 0.1) is 11.3 Å². The third-order valence-corrected chi connectivity index (χ3v) is 14.1. The first kappa shape index (κ1) is 41.9. The summed E-state index contributed by atoms with van der Waals surface area (Å²) in [5.74, 6) is 7.99. The van der Waals surface area contributed by atoms with Crippen molar-refractivity contribution in [3.63, 3.8) is 0 Å². The second-order valence-electron chi connectivity index (χ2n) is 17.3. The Morgan fingerprint density at radius 2 is 1.40 bits per heavy atom. The van der Waals surface area contributed by atoms with Crippen molar-refractivity contribution >= 4 is 39.7 Å². The molecule has 0 aliphatic rings. The molecule has 4 aromatic carbocycles. The van der Waals surface area contributed by atoms with Gasteiger partial charge in [-0.15, -0.1) is 18.2 Å². The number of aromatic nitrogens is 3. The van der Waals surface area contributed by atoms with Gasteiger partial charge < -0.3 is 9.40 Å². The predicted octanol–water partition coefficient (Wildman–Crippen LogP) is 13.1. The van der Waals surface area contributed by atoms with E-state index in [-0.39, 0.29) is 25.5 Å². The zero-order chi connectivity index (χ0) is 39.5. The van der Waals surface area contributed by atoms with Crippen LogP contribution in [-0.2, 0) is 32.9 Å². The van der Waals surface area contributed by atoms with Gasteiger partial charge >= 0.3 is 126 Å². The summed E-state index contributed by atoms with van der Waals surface area (Å²) in [4.78, 5) is 14.2. The summed E-state index contributed by atoms with van der Waals surface area (Å²) in [6, 6.07) is 48.3. The number of furan rings is 1. The number of pyridine rings is 3. The zero-order valence-electron chi connectivity index (χ0n) is 34.3. The van der Waals surface area contributed by atoms with E-state index < -0.39 is 13.3 Å². The van der Waals surface area contributed by atoms with Gasteiger partial charge in [0.2, 0.25) is 5.71 Å². The molecule has 0 saturated carbocycles. The molecule has 0 aliphatic heterocycles. The average Bonchev–Trinajstić information content (AvgIpc) is 3.56. The van der Waals surface area contributed by atoms with Crippen LogP contribution in [0.5, 0.6) is 0 Å². The topological polar surface area (TPSA) is 51.8 Å². The maximum absolute atomic E-state index is 6.35. The molecule has 0 N–H and O–H groups in total. The van der Waals surface area contributed by atoms with Gasteiger partial charge in [-0.1, -0.05) is 97.9 Å². The van der Waals surface area contributed by atoms with Gasteiger partial charge in [0.1, 0.15) is 0 Å². The smallest absolute Gasteiger partial charge is 0 e. The van der Waals surface area contributed by atoms with Crippen LogP contribution in [0, 0.1) is 23.5 Å². The van der Waals surface area contributed by atoms with E-state index in [1.165, 1.54) is 22.3 Å². The molecule has 0 spiro atoms. The average molecular weight is 987 g/mol. The van der Waals surface area contributed by atoms with Crippen molar-refractivity contribution < 1.29 is 24.5 Å². The zero-order valence-corrected chi connectivity index (χ0v) is 38.8. The Morgan fingerprint density at radius 3 is 2.09 bits per heavy atom. The fourth-order valence-electron chi connectivity index (χ4n) is 7.25. The van der Waals surface area contributed by atoms with Gasteiger partial charge in [-0.05, 0) is 46.9 Å². The Hall–Kier alpha value is -4.68. The van der Waals surface area contributed by atoms with E-state index in [1.54, 1.807) is 4.40 Å². The number of nitrogens with zero attached hydrogens (tertiary/aromatic N) is 3. The Kier molecular flexibility index (Phi) is 13.1. The van der Waals surface area contributed by atoms with E-state index in [0.717, 1.165) is 63.0 Å². The van der Waals surface area contributed by atoms with Crippen molar-refractivity contribution in [1.29, 1.82) is 0 Å². The maximum atomic E-state index is 6.35. The Bertz CT molecular complexity index is 2570. The van der Waals surface area contributed by atoms with Gasteiger partial charge in [-0.25, -0.2) is 4.98 Å². The van der Waals surface area contributed by atoms with Gasteiger partial charge in [0, 0.05) is 37.3 Å². The summed E-state index contributed by atoms with van der Waals surface area (Å²) in [6.07, 6.45) is 6.13. The molecular formula is C51H51GeIrN3O-2. The van der Waals surface area contributed by atoms with Crippen molar-refractivity contribution in [2.45, 2.75) is 64.7 Å². The molecule has 0 atom stereocenters. The molecule has 0 unspecified atom stereocenters. The van der Waals surface area contributed by atoms with Crippen LogP contribution in [0.4, 0.5) is 0 Å². The first-order chi connectivity index (χ1) is 26.8. The molecule has 0 saturated heterocycles. The van der Waals surface area contributed by atoms with E-state index in [4.69, 9.17) is 14.4 Å². The molecule has 4 nitrogen and oxygen atoms in total. The summed E-state index contributed by atoms with van der Waals surface area (Å²) in [6.45, 7) is 11.3. The molecule has 57 heavy (non-hydrogen) atoms. The van der Waals surface area contributed by atoms with Crippen molar-refractivity contribution in [1.82, 2.24) is 15.0 Å². The van der Waals surface area contributed by atoms with Crippen LogP contribution in [0.25, 0.3) is 67.0 Å². The van der Waals surface area contributed by atoms with E-state index >= 15 is 0 Å². The molecule has 291 valence electrons. The largest absolute Gasteiger partial charge is 0 e. The molecule has 0 bridgehead atoms. The van der Waals surface area contributed by atoms with Gasteiger partial charge in [-0.2, -0.15) is 0 Å². The maximum Gasteiger partial charge on any atom is 0 e. The van der Waals surface area contributed by atoms with Crippen LogP contribution >= 0.6 is 0 Å². The van der Waals surface area contributed by atoms with Crippen molar-refractivity contribution in [2.24, 2.45) is 11.3 Å². The minimum Gasteiger partial charge on any atom is 0 e. The van der Waals surface area contributed by atoms with Crippen LogP contribution in [0.1, 0.15) is 45.7 Å². The molecule has 0 aliphatic carbocycles. The predicted molar refractivity (Wildman–Crippen MR) is 238 cm³/mol. The monoisotopic (exact) mass is 988 g/mol. The number of rotatable bonds is 8. The summed E-state index contributed by atoms with van der Waals surface area (Å²) in [5, 5.41) is 2.02. The van der Waals surface area contributed by atoms with Crippen molar-refractivity contribution in [2.75, 3.05) is 0 Å². The van der Waals surface area contributed by atoms with Crippen LogP contribution < -0.4 is 4.40 Å². The van der Waals surface area contributed by atoms with E-state index in [0.29, 0.717) is 11.6 Å². The molecule has 1 radical (unpaired) electrons. The molecule has 0 fully saturated rings. The summed E-state index contributed by atoms with van der Waals surface area (Å²) >= 11 is -1.86. The van der Waals surface area contributed by atoms with E-state index in [9.17, 15) is 0 Å². The standard InChI is InChI=1S/C33H27N2O.C18H24GeN.Ir/c1-33(2,3)21-22-18-19-34-30(20-22)28-11-7-10-26-27-16-17-29(35-32(27)36-31(26)28)25-14-12-24(13-15-25)23-8-5-4-6-9-23;1-14(2)11-16-12-18(15-9-7-6-8-10-15)20-13-17(16)19(3,4)5;/h4-10,12-20H,21H2,1-3H3;6-9,12-14H,11H2,1-5H3;/q2*-1;. The number of fused-ring (bicyclic) bond motifs is 3. The Morgan fingerprint density at radius 1 is 0.684 bits per heavy atom. The van der Waals surface area contributed by atoms with Gasteiger partial charge in [0.25, 0.3) is 0 Å². The minimum absolute atomic E-state index is 0.